The second-order valence-corrected chi connectivity index (χ2v) is 10.2. The van der Waals surface area contributed by atoms with E-state index in [1.807, 2.05) is 85.8 Å². The number of nitrogens with zero attached hydrogens (tertiary/aromatic N) is 1. The zero-order chi connectivity index (χ0) is 22.6. The summed E-state index contributed by atoms with van der Waals surface area (Å²) in [6, 6.07) is 25.3. The van der Waals surface area contributed by atoms with E-state index in [-0.39, 0.29) is 17.6 Å². The Bertz CT molecular complexity index is 1180. The summed E-state index contributed by atoms with van der Waals surface area (Å²) in [6.45, 7) is 2.66. The molecule has 1 saturated heterocycles. The van der Waals surface area contributed by atoms with Gasteiger partial charge in [0, 0.05) is 30.3 Å². The molecule has 0 atom stereocenters. The summed E-state index contributed by atoms with van der Waals surface area (Å²) in [6.07, 6.45) is 1.04. The lowest BCUT2D eigenvalue weighted by Gasteiger charge is -2.31. The largest absolute Gasteiger partial charge is 0.325 e. The molecule has 0 aromatic heterocycles. The number of nitrogens with one attached hydrogen (secondary N) is 1. The number of anilines is 1. The minimum atomic E-state index is -3.41. The van der Waals surface area contributed by atoms with Gasteiger partial charge in [-0.1, -0.05) is 72.8 Å². The van der Waals surface area contributed by atoms with Gasteiger partial charge in [-0.3, -0.25) is 4.79 Å². The maximum absolute atomic E-state index is 13.0. The monoisotopic (exact) mass is 448 g/mol. The molecule has 0 bridgehead atoms. The van der Waals surface area contributed by atoms with E-state index in [0.29, 0.717) is 25.9 Å². The summed E-state index contributed by atoms with van der Waals surface area (Å²) in [4.78, 5) is 13.0. The molecule has 5 nitrogen and oxygen atoms in total. The standard InChI is InChI=1S/C26H28N2O3S/c1-20-9-5-6-12-23(20)19-32(30,31)28-17-15-22(16-18-28)26(29)27-25-14-8-7-13-24(25)21-10-3-2-4-11-21/h2-14,22H,15-19H2,1H3,(H,27,29). The summed E-state index contributed by atoms with van der Waals surface area (Å²) in [5, 5.41) is 3.07. The van der Waals surface area contributed by atoms with Gasteiger partial charge in [0.2, 0.25) is 15.9 Å². The van der Waals surface area contributed by atoms with Gasteiger partial charge in [-0.2, -0.15) is 0 Å². The first-order valence-corrected chi connectivity index (χ1v) is 12.5. The molecule has 3 aromatic carbocycles. The van der Waals surface area contributed by atoms with Gasteiger partial charge in [0.25, 0.3) is 0 Å². The molecule has 0 unspecified atom stereocenters. The van der Waals surface area contributed by atoms with Crippen molar-refractivity contribution < 1.29 is 13.2 Å². The Kier molecular flexibility index (Phi) is 6.72. The number of hydrogen-bond donors (Lipinski definition) is 1. The molecular weight excluding hydrogens is 420 g/mol. The van der Waals surface area contributed by atoms with E-state index in [9.17, 15) is 13.2 Å². The molecule has 0 saturated carbocycles. The third-order valence-electron chi connectivity index (χ3n) is 6.09. The van der Waals surface area contributed by atoms with Crippen molar-refractivity contribution in [2.24, 2.45) is 5.92 Å². The van der Waals surface area contributed by atoms with Gasteiger partial charge in [0.1, 0.15) is 0 Å². The number of carbonyl (C=O) groups excluding carboxylic acids is 1. The highest BCUT2D eigenvalue weighted by Crippen LogP contribution is 2.29. The molecule has 1 heterocycles. The van der Waals surface area contributed by atoms with Crippen LogP contribution in [0.4, 0.5) is 5.69 Å². The molecule has 1 N–H and O–H groups in total. The minimum absolute atomic E-state index is 0.000980. The predicted octanol–water partition coefficient (Wildman–Crippen LogP) is 4.84. The molecule has 1 fully saturated rings. The fourth-order valence-corrected chi connectivity index (χ4v) is 5.82. The zero-order valence-electron chi connectivity index (χ0n) is 18.2. The zero-order valence-corrected chi connectivity index (χ0v) is 19.0. The quantitative estimate of drug-likeness (QED) is 0.587. The van der Waals surface area contributed by atoms with Gasteiger partial charge in [-0.15, -0.1) is 0 Å². The van der Waals surface area contributed by atoms with Gasteiger partial charge in [0.05, 0.1) is 5.75 Å². The first kappa shape index (κ1) is 22.2. The SMILES string of the molecule is Cc1ccccc1CS(=O)(=O)N1CCC(C(=O)Nc2ccccc2-c2ccccc2)CC1. The summed E-state index contributed by atoms with van der Waals surface area (Å²) in [5.74, 6) is -0.255. The summed E-state index contributed by atoms with van der Waals surface area (Å²) < 4.78 is 27.3. The van der Waals surface area contributed by atoms with Gasteiger partial charge in [-0.05, 0) is 42.5 Å². The third-order valence-corrected chi connectivity index (χ3v) is 7.91. The highest BCUT2D eigenvalue weighted by Gasteiger charge is 2.31. The first-order valence-electron chi connectivity index (χ1n) is 10.9. The van der Waals surface area contributed by atoms with Gasteiger partial charge < -0.3 is 5.32 Å². The van der Waals surface area contributed by atoms with Crippen LogP contribution in [0.15, 0.2) is 78.9 Å². The Morgan fingerprint density at radius 2 is 1.53 bits per heavy atom. The number of piperidine rings is 1. The molecular formula is C26H28N2O3S. The molecule has 1 aliphatic heterocycles. The number of sulfonamides is 1. The first-order chi connectivity index (χ1) is 15.4. The molecule has 1 aliphatic rings. The van der Waals surface area contributed by atoms with E-state index in [4.69, 9.17) is 0 Å². The fourth-order valence-electron chi connectivity index (χ4n) is 4.15. The average molecular weight is 449 g/mol. The Hall–Kier alpha value is -2.96. The van der Waals surface area contributed by atoms with Crippen molar-refractivity contribution in [3.8, 4) is 11.1 Å². The summed E-state index contributed by atoms with van der Waals surface area (Å²) >= 11 is 0. The lowest BCUT2D eigenvalue weighted by Crippen LogP contribution is -2.42. The summed E-state index contributed by atoms with van der Waals surface area (Å²) in [5.41, 5.74) is 4.59. The van der Waals surface area contributed by atoms with E-state index in [1.54, 1.807) is 0 Å². The molecule has 1 amide bonds. The topological polar surface area (TPSA) is 66.5 Å². The van der Waals surface area contributed by atoms with Crippen LogP contribution in [0.25, 0.3) is 11.1 Å². The number of amides is 1. The lowest BCUT2D eigenvalue weighted by atomic mass is 9.96. The van der Waals surface area contributed by atoms with E-state index in [0.717, 1.165) is 27.9 Å². The number of benzene rings is 3. The highest BCUT2D eigenvalue weighted by molar-refractivity contribution is 7.88. The van der Waals surface area contributed by atoms with Crippen LogP contribution in [0, 0.1) is 12.8 Å². The third kappa shape index (κ3) is 5.09. The van der Waals surface area contributed by atoms with Crippen molar-refractivity contribution in [3.63, 3.8) is 0 Å². The second-order valence-electron chi connectivity index (χ2n) is 8.26. The van der Waals surface area contributed by atoms with Crippen LogP contribution in [0.1, 0.15) is 24.0 Å². The van der Waals surface area contributed by atoms with Gasteiger partial charge in [-0.25, -0.2) is 12.7 Å². The van der Waals surface area contributed by atoms with Crippen LogP contribution < -0.4 is 5.32 Å². The number of rotatable bonds is 6. The smallest absolute Gasteiger partial charge is 0.227 e. The Balaban J connectivity index is 1.39. The normalized spacial score (nSPS) is 15.4. The van der Waals surface area contributed by atoms with Crippen LogP contribution in [0.5, 0.6) is 0 Å². The van der Waals surface area contributed by atoms with Crippen molar-refractivity contribution in [1.82, 2.24) is 4.31 Å². The van der Waals surface area contributed by atoms with Crippen LogP contribution >= 0.6 is 0 Å². The number of hydrogen-bond acceptors (Lipinski definition) is 3. The molecule has 0 aliphatic carbocycles. The molecule has 166 valence electrons. The predicted molar refractivity (Wildman–Crippen MR) is 129 cm³/mol. The van der Waals surface area contributed by atoms with Gasteiger partial charge >= 0.3 is 0 Å². The maximum Gasteiger partial charge on any atom is 0.227 e. The average Bonchev–Trinajstić information content (AvgIpc) is 2.81. The van der Waals surface area contributed by atoms with Crippen molar-refractivity contribution in [3.05, 3.63) is 90.0 Å². The van der Waals surface area contributed by atoms with E-state index in [2.05, 4.69) is 5.32 Å². The van der Waals surface area contributed by atoms with E-state index < -0.39 is 10.0 Å². The summed E-state index contributed by atoms with van der Waals surface area (Å²) in [7, 11) is -3.41. The molecule has 32 heavy (non-hydrogen) atoms. The van der Waals surface area contributed by atoms with Crippen molar-refractivity contribution in [1.29, 1.82) is 0 Å². The molecule has 4 rings (SSSR count). The Morgan fingerprint density at radius 1 is 0.906 bits per heavy atom. The van der Waals surface area contributed by atoms with E-state index >= 15 is 0 Å². The van der Waals surface area contributed by atoms with Crippen molar-refractivity contribution >= 4 is 21.6 Å². The Labute approximate surface area is 190 Å². The van der Waals surface area contributed by atoms with Crippen LogP contribution in [0.3, 0.4) is 0 Å². The second kappa shape index (κ2) is 9.67. The molecule has 6 heteroatoms. The fraction of sp³-hybridized carbons (Fsp3) is 0.269. The van der Waals surface area contributed by atoms with Gasteiger partial charge in [0.15, 0.2) is 0 Å². The molecule has 3 aromatic rings. The lowest BCUT2D eigenvalue weighted by molar-refractivity contribution is -0.120. The van der Waals surface area contributed by atoms with Crippen molar-refractivity contribution in [2.45, 2.75) is 25.5 Å². The van der Waals surface area contributed by atoms with E-state index in [1.165, 1.54) is 4.31 Å². The Morgan fingerprint density at radius 3 is 2.25 bits per heavy atom. The molecule has 0 spiro atoms. The number of aryl methyl sites for hydroxylation is 1. The van der Waals surface area contributed by atoms with Crippen LogP contribution in [0.2, 0.25) is 0 Å². The molecule has 0 radical (unpaired) electrons. The highest BCUT2D eigenvalue weighted by atomic mass is 32.2. The van der Waals surface area contributed by atoms with Crippen LogP contribution in [-0.2, 0) is 20.6 Å². The number of carbonyl (C=O) groups is 1. The van der Waals surface area contributed by atoms with Crippen molar-refractivity contribution in [2.75, 3.05) is 18.4 Å². The number of para-hydroxylation sites is 1. The minimum Gasteiger partial charge on any atom is -0.325 e. The maximum atomic E-state index is 13.0. The van der Waals surface area contributed by atoms with Crippen LogP contribution in [-0.4, -0.2) is 31.7 Å².